The molecular formula is C17H14N2O3. The Kier molecular flexibility index (Phi) is 3.47. The molecule has 5 nitrogen and oxygen atoms in total. The van der Waals surface area contributed by atoms with Gasteiger partial charge in [-0.3, -0.25) is 4.79 Å². The Labute approximate surface area is 126 Å². The van der Waals surface area contributed by atoms with Gasteiger partial charge in [0, 0.05) is 5.39 Å². The second-order valence-corrected chi connectivity index (χ2v) is 5.02. The largest absolute Gasteiger partial charge is 0.465 e. The Hall–Kier alpha value is -2.95. The lowest BCUT2D eigenvalue weighted by Crippen LogP contribution is -2.07. The van der Waals surface area contributed by atoms with E-state index in [1.54, 1.807) is 24.4 Å². The molecule has 0 aliphatic carbocycles. The first-order chi connectivity index (χ1) is 10.6. The van der Waals surface area contributed by atoms with Gasteiger partial charge in [-0.15, -0.1) is 0 Å². The van der Waals surface area contributed by atoms with Crippen LogP contribution >= 0.6 is 0 Å². The van der Waals surface area contributed by atoms with Crippen LogP contribution in [0.3, 0.4) is 0 Å². The third kappa shape index (κ3) is 2.37. The number of hydrogen-bond donors (Lipinski definition) is 1. The van der Waals surface area contributed by atoms with Crippen molar-refractivity contribution >= 4 is 16.7 Å². The summed E-state index contributed by atoms with van der Waals surface area (Å²) in [6, 6.07) is 10.9. The predicted octanol–water partition coefficient (Wildman–Crippen LogP) is 2.69. The third-order valence-corrected chi connectivity index (χ3v) is 3.64. The molecule has 0 unspecified atom stereocenters. The van der Waals surface area contributed by atoms with E-state index in [0.717, 1.165) is 22.1 Å². The van der Waals surface area contributed by atoms with Crippen LogP contribution in [0, 0.1) is 6.92 Å². The number of benzene rings is 2. The van der Waals surface area contributed by atoms with Gasteiger partial charge in [-0.25, -0.2) is 9.89 Å². The van der Waals surface area contributed by atoms with Crippen molar-refractivity contribution in [3.05, 3.63) is 64.1 Å². The van der Waals surface area contributed by atoms with Crippen LogP contribution in [0.2, 0.25) is 0 Å². The van der Waals surface area contributed by atoms with Crippen molar-refractivity contribution in [1.82, 2.24) is 10.2 Å². The maximum atomic E-state index is 11.7. The number of methoxy groups -OCH3 is 1. The molecule has 0 aliphatic heterocycles. The van der Waals surface area contributed by atoms with Crippen molar-refractivity contribution in [3.8, 4) is 11.1 Å². The number of carbonyl (C=O) groups excluding carboxylic acids is 1. The lowest BCUT2D eigenvalue weighted by molar-refractivity contribution is 0.0601. The first-order valence-electron chi connectivity index (χ1n) is 6.77. The molecule has 3 rings (SSSR count). The summed E-state index contributed by atoms with van der Waals surface area (Å²) in [7, 11) is 1.36. The molecule has 0 saturated carbocycles. The second-order valence-electron chi connectivity index (χ2n) is 5.02. The molecule has 1 N–H and O–H groups in total. The molecule has 1 heterocycles. The maximum Gasteiger partial charge on any atom is 0.337 e. The molecule has 0 atom stereocenters. The number of nitrogens with zero attached hydrogens (tertiary/aromatic N) is 1. The molecule has 110 valence electrons. The van der Waals surface area contributed by atoms with Crippen molar-refractivity contribution in [1.29, 1.82) is 0 Å². The minimum atomic E-state index is -0.375. The monoisotopic (exact) mass is 294 g/mol. The lowest BCUT2D eigenvalue weighted by Gasteiger charge is -2.09. The van der Waals surface area contributed by atoms with Crippen LogP contribution in [0.1, 0.15) is 15.9 Å². The molecular weight excluding hydrogens is 280 g/mol. The summed E-state index contributed by atoms with van der Waals surface area (Å²) >= 11 is 0. The van der Waals surface area contributed by atoms with Gasteiger partial charge in [0.1, 0.15) is 0 Å². The number of aromatic nitrogens is 2. The van der Waals surface area contributed by atoms with E-state index in [2.05, 4.69) is 10.2 Å². The summed E-state index contributed by atoms with van der Waals surface area (Å²) in [5.41, 5.74) is 3.15. The van der Waals surface area contributed by atoms with Crippen molar-refractivity contribution < 1.29 is 9.53 Å². The summed E-state index contributed by atoms with van der Waals surface area (Å²) < 4.78 is 4.76. The third-order valence-electron chi connectivity index (χ3n) is 3.64. The second kappa shape index (κ2) is 5.44. The summed E-state index contributed by atoms with van der Waals surface area (Å²) in [5.74, 6) is -0.375. The SMILES string of the molecule is COC(=O)c1ccc(C)c(-c2ccc3c(=O)[nH]ncc3c2)c1. The zero-order chi connectivity index (χ0) is 15.7. The summed E-state index contributed by atoms with van der Waals surface area (Å²) in [6.07, 6.45) is 1.61. The molecule has 2 aromatic carbocycles. The van der Waals surface area contributed by atoms with Crippen molar-refractivity contribution in [3.63, 3.8) is 0 Å². The topological polar surface area (TPSA) is 72.1 Å². The fraction of sp³-hybridized carbons (Fsp3) is 0.118. The minimum absolute atomic E-state index is 0.218. The highest BCUT2D eigenvalue weighted by atomic mass is 16.5. The van der Waals surface area contributed by atoms with Gasteiger partial charge in [-0.1, -0.05) is 12.1 Å². The molecule has 0 amide bonds. The zero-order valence-electron chi connectivity index (χ0n) is 12.2. The van der Waals surface area contributed by atoms with Gasteiger partial charge in [-0.2, -0.15) is 5.10 Å². The summed E-state index contributed by atoms with van der Waals surface area (Å²) in [5, 5.41) is 7.56. The number of esters is 1. The molecule has 0 bridgehead atoms. The Morgan fingerprint density at radius 2 is 2.00 bits per heavy atom. The first kappa shape index (κ1) is 14.0. The van der Waals surface area contributed by atoms with E-state index in [1.165, 1.54) is 7.11 Å². The highest BCUT2D eigenvalue weighted by Gasteiger charge is 2.10. The highest BCUT2D eigenvalue weighted by Crippen LogP contribution is 2.27. The van der Waals surface area contributed by atoms with Gasteiger partial charge in [-0.05, 0) is 47.9 Å². The van der Waals surface area contributed by atoms with Gasteiger partial charge < -0.3 is 4.74 Å². The molecule has 0 saturated heterocycles. The van der Waals surface area contributed by atoms with Crippen LogP contribution in [-0.4, -0.2) is 23.3 Å². The van der Waals surface area contributed by atoms with E-state index < -0.39 is 0 Å². The molecule has 0 radical (unpaired) electrons. The lowest BCUT2D eigenvalue weighted by atomic mass is 9.96. The number of aromatic amines is 1. The molecule has 3 aromatic rings. The molecule has 0 aliphatic rings. The van der Waals surface area contributed by atoms with Crippen LogP contribution in [0.25, 0.3) is 21.9 Å². The summed E-state index contributed by atoms with van der Waals surface area (Å²) in [6.45, 7) is 1.97. The quantitative estimate of drug-likeness (QED) is 0.738. The maximum absolute atomic E-state index is 11.7. The number of nitrogens with one attached hydrogen (secondary N) is 1. The number of fused-ring (bicyclic) bond motifs is 1. The van der Waals surface area contributed by atoms with Crippen LogP contribution < -0.4 is 5.56 Å². The molecule has 0 spiro atoms. The van der Waals surface area contributed by atoms with Crippen LogP contribution in [-0.2, 0) is 4.74 Å². The van der Waals surface area contributed by atoms with Gasteiger partial charge >= 0.3 is 5.97 Å². The average Bonchev–Trinajstić information content (AvgIpc) is 2.54. The normalized spacial score (nSPS) is 10.6. The number of aryl methyl sites for hydroxylation is 1. The average molecular weight is 294 g/mol. The molecule has 5 heteroatoms. The van der Waals surface area contributed by atoms with Crippen molar-refractivity contribution in [2.75, 3.05) is 7.11 Å². The predicted molar refractivity (Wildman–Crippen MR) is 83.9 cm³/mol. The van der Waals surface area contributed by atoms with E-state index >= 15 is 0 Å². The Morgan fingerprint density at radius 3 is 2.77 bits per heavy atom. The van der Waals surface area contributed by atoms with Gasteiger partial charge in [0.05, 0.1) is 24.3 Å². The first-order valence-corrected chi connectivity index (χ1v) is 6.77. The number of carbonyl (C=O) groups is 1. The van der Waals surface area contributed by atoms with Crippen LogP contribution in [0.4, 0.5) is 0 Å². The van der Waals surface area contributed by atoms with Gasteiger partial charge in [0.2, 0.25) is 0 Å². The van der Waals surface area contributed by atoms with Crippen molar-refractivity contribution in [2.45, 2.75) is 6.92 Å². The van der Waals surface area contributed by atoms with Crippen molar-refractivity contribution in [2.24, 2.45) is 0 Å². The van der Waals surface area contributed by atoms with E-state index in [0.29, 0.717) is 10.9 Å². The highest BCUT2D eigenvalue weighted by molar-refractivity contribution is 5.92. The Balaban J connectivity index is 2.18. The van der Waals surface area contributed by atoms with Crippen LogP contribution in [0.15, 0.2) is 47.4 Å². The van der Waals surface area contributed by atoms with E-state index in [4.69, 9.17) is 4.74 Å². The van der Waals surface area contributed by atoms with E-state index in [1.807, 2.05) is 25.1 Å². The minimum Gasteiger partial charge on any atom is -0.465 e. The summed E-state index contributed by atoms with van der Waals surface area (Å²) in [4.78, 5) is 23.4. The fourth-order valence-corrected chi connectivity index (χ4v) is 2.44. The van der Waals surface area contributed by atoms with Gasteiger partial charge in [0.15, 0.2) is 0 Å². The number of H-pyrrole nitrogens is 1. The smallest absolute Gasteiger partial charge is 0.337 e. The van der Waals surface area contributed by atoms with Gasteiger partial charge in [0.25, 0.3) is 5.56 Å². The van der Waals surface area contributed by atoms with E-state index in [9.17, 15) is 9.59 Å². The number of ether oxygens (including phenoxy) is 1. The molecule has 0 fully saturated rings. The molecule has 22 heavy (non-hydrogen) atoms. The Morgan fingerprint density at radius 1 is 1.18 bits per heavy atom. The number of hydrogen-bond acceptors (Lipinski definition) is 4. The zero-order valence-corrected chi connectivity index (χ0v) is 12.2. The van der Waals surface area contributed by atoms with E-state index in [-0.39, 0.29) is 11.5 Å². The molecule has 1 aromatic heterocycles. The standard InChI is InChI=1S/C17H14N2O3/c1-10-3-4-12(17(21)22-2)8-15(10)11-5-6-14-13(7-11)9-18-19-16(14)20/h3-9H,1-2H3,(H,19,20). The Bertz CT molecular complexity index is 929. The fourth-order valence-electron chi connectivity index (χ4n) is 2.44. The number of rotatable bonds is 2. The van der Waals surface area contributed by atoms with Crippen LogP contribution in [0.5, 0.6) is 0 Å².